The molecule has 2 aromatic heterocycles. The maximum Gasteiger partial charge on any atom is 0.320 e. The fourth-order valence-electron chi connectivity index (χ4n) is 3.39. The van der Waals surface area contributed by atoms with Crippen molar-refractivity contribution in [2.24, 2.45) is 5.73 Å². The van der Waals surface area contributed by atoms with Crippen molar-refractivity contribution in [1.29, 1.82) is 0 Å². The molecule has 0 saturated heterocycles. The first-order valence-electron chi connectivity index (χ1n) is 8.34. The molecular weight excluding hydrogens is 346 g/mol. The first-order valence-corrected chi connectivity index (χ1v) is 8.34. The van der Waals surface area contributed by atoms with E-state index in [4.69, 9.17) is 10.8 Å². The number of phenolic OH excluding ortho intramolecular Hbond substituents is 2. The van der Waals surface area contributed by atoms with Gasteiger partial charge in [-0.15, -0.1) is 0 Å². The second kappa shape index (κ2) is 6.30. The number of aliphatic carboxylic acids is 1. The maximum absolute atomic E-state index is 11.2. The van der Waals surface area contributed by atoms with E-state index < -0.39 is 12.0 Å². The minimum Gasteiger partial charge on any atom is -0.508 e. The first-order chi connectivity index (χ1) is 13.0. The van der Waals surface area contributed by atoms with Crippen molar-refractivity contribution in [1.82, 2.24) is 9.97 Å². The monoisotopic (exact) mass is 363 g/mol. The van der Waals surface area contributed by atoms with Crippen LogP contribution in [0, 0.1) is 0 Å². The molecule has 0 bridgehead atoms. The van der Waals surface area contributed by atoms with Gasteiger partial charge in [-0.05, 0) is 47.5 Å². The van der Waals surface area contributed by atoms with Crippen LogP contribution in [0.3, 0.4) is 0 Å². The summed E-state index contributed by atoms with van der Waals surface area (Å²) in [5.74, 6) is -0.959. The Bertz CT molecular complexity index is 1180. The van der Waals surface area contributed by atoms with Gasteiger partial charge in [0, 0.05) is 40.7 Å². The topological polar surface area (TPSA) is 132 Å². The second-order valence-electron chi connectivity index (χ2n) is 6.40. The van der Waals surface area contributed by atoms with Crippen LogP contribution in [-0.4, -0.2) is 37.3 Å². The number of carbonyl (C=O) groups is 1. The Morgan fingerprint density at radius 3 is 2.78 bits per heavy atom. The zero-order chi connectivity index (χ0) is 19.1. The molecule has 1 atom stereocenters. The van der Waals surface area contributed by atoms with Gasteiger partial charge < -0.3 is 26.0 Å². The lowest BCUT2D eigenvalue weighted by Gasteiger charge is -2.13. The minimum atomic E-state index is -1.09. The molecule has 7 nitrogen and oxygen atoms in total. The minimum absolute atomic E-state index is 0.0445. The number of carboxylic acid groups (broad SMARTS) is 1. The summed E-state index contributed by atoms with van der Waals surface area (Å²) in [6.45, 7) is 0. The van der Waals surface area contributed by atoms with Gasteiger partial charge in [-0.1, -0.05) is 0 Å². The molecule has 0 aliphatic rings. The highest BCUT2D eigenvalue weighted by Crippen LogP contribution is 2.41. The summed E-state index contributed by atoms with van der Waals surface area (Å²) in [6.07, 6.45) is 3.44. The van der Waals surface area contributed by atoms with Crippen molar-refractivity contribution in [3.63, 3.8) is 0 Å². The van der Waals surface area contributed by atoms with Gasteiger partial charge in [0.2, 0.25) is 0 Å². The van der Waals surface area contributed by atoms with E-state index in [0.29, 0.717) is 33.0 Å². The van der Waals surface area contributed by atoms with Crippen molar-refractivity contribution in [3.05, 3.63) is 54.4 Å². The van der Waals surface area contributed by atoms with Gasteiger partial charge in [0.25, 0.3) is 0 Å². The molecule has 27 heavy (non-hydrogen) atoms. The fourth-order valence-corrected chi connectivity index (χ4v) is 3.39. The van der Waals surface area contributed by atoms with Gasteiger partial charge in [-0.3, -0.25) is 9.78 Å². The number of benzene rings is 2. The van der Waals surface area contributed by atoms with Crippen molar-refractivity contribution >= 4 is 27.8 Å². The van der Waals surface area contributed by atoms with E-state index in [9.17, 15) is 15.0 Å². The van der Waals surface area contributed by atoms with Crippen molar-refractivity contribution in [3.8, 4) is 22.6 Å². The third kappa shape index (κ3) is 2.84. The standard InChI is InChI=1S/C20H17N3O4/c21-14(20(26)27)7-10-9-23-16-3-4-17(25)19(18(10)16)12-5-6-22-15-2-1-11(24)8-13(12)15/h1-6,8-9,14,23-25H,7,21H2,(H,26,27)/t14-/m0/s1. The van der Waals surface area contributed by atoms with Crippen molar-refractivity contribution < 1.29 is 20.1 Å². The number of aromatic hydroxyl groups is 2. The molecule has 6 N–H and O–H groups in total. The zero-order valence-electron chi connectivity index (χ0n) is 14.2. The van der Waals surface area contributed by atoms with E-state index >= 15 is 0 Å². The summed E-state index contributed by atoms with van der Waals surface area (Å²) in [5.41, 5.74) is 9.05. The lowest BCUT2D eigenvalue weighted by molar-refractivity contribution is -0.138. The molecule has 136 valence electrons. The van der Waals surface area contributed by atoms with E-state index in [0.717, 1.165) is 5.52 Å². The van der Waals surface area contributed by atoms with Crippen molar-refractivity contribution in [2.75, 3.05) is 0 Å². The number of H-pyrrole nitrogens is 1. The first kappa shape index (κ1) is 16.9. The highest BCUT2D eigenvalue weighted by atomic mass is 16.4. The molecule has 2 heterocycles. The quantitative estimate of drug-likeness (QED) is 0.379. The smallest absolute Gasteiger partial charge is 0.320 e. The molecule has 7 heteroatoms. The molecular formula is C20H17N3O4. The van der Waals surface area contributed by atoms with Gasteiger partial charge in [-0.25, -0.2) is 0 Å². The fraction of sp³-hybridized carbons (Fsp3) is 0.100. The molecule has 0 spiro atoms. The summed E-state index contributed by atoms with van der Waals surface area (Å²) in [5, 5.41) is 31.1. The number of nitrogens with zero attached hydrogens (tertiary/aromatic N) is 1. The van der Waals surface area contributed by atoms with Gasteiger partial charge >= 0.3 is 5.97 Å². The number of rotatable bonds is 4. The summed E-state index contributed by atoms with van der Waals surface area (Å²) < 4.78 is 0. The second-order valence-corrected chi connectivity index (χ2v) is 6.40. The van der Waals surface area contributed by atoms with Gasteiger partial charge in [-0.2, -0.15) is 0 Å². The van der Waals surface area contributed by atoms with E-state index in [1.165, 1.54) is 0 Å². The SMILES string of the molecule is N[C@@H](Cc1c[nH]c2ccc(O)c(-c3ccnc4ccc(O)cc34)c12)C(=O)O. The van der Waals surface area contributed by atoms with Gasteiger partial charge in [0.1, 0.15) is 17.5 Å². The van der Waals surface area contributed by atoms with Crippen molar-refractivity contribution in [2.45, 2.75) is 12.5 Å². The Morgan fingerprint density at radius 1 is 1.19 bits per heavy atom. The zero-order valence-corrected chi connectivity index (χ0v) is 14.2. The lowest BCUT2D eigenvalue weighted by atomic mass is 9.93. The average molecular weight is 363 g/mol. The van der Waals surface area contributed by atoms with Crippen LogP contribution < -0.4 is 5.73 Å². The number of nitrogens with one attached hydrogen (secondary N) is 1. The molecule has 0 radical (unpaired) electrons. The Hall–Kier alpha value is -3.58. The number of phenols is 2. The summed E-state index contributed by atoms with van der Waals surface area (Å²) in [7, 11) is 0. The number of aromatic nitrogens is 2. The molecule has 0 aliphatic heterocycles. The third-order valence-corrected chi connectivity index (χ3v) is 4.66. The van der Waals surface area contributed by atoms with E-state index in [1.807, 2.05) is 0 Å². The normalized spacial score (nSPS) is 12.5. The highest BCUT2D eigenvalue weighted by molar-refractivity contribution is 6.07. The molecule has 0 amide bonds. The number of hydrogen-bond donors (Lipinski definition) is 5. The van der Waals surface area contributed by atoms with E-state index in [2.05, 4.69) is 9.97 Å². The Labute approximate surface area is 153 Å². The third-order valence-electron chi connectivity index (χ3n) is 4.66. The van der Waals surface area contributed by atoms with E-state index in [1.54, 1.807) is 48.8 Å². The maximum atomic E-state index is 11.2. The van der Waals surface area contributed by atoms with Crippen LogP contribution in [0.5, 0.6) is 11.5 Å². The van der Waals surface area contributed by atoms with Gasteiger partial charge in [0.05, 0.1) is 5.52 Å². The number of hydrogen-bond acceptors (Lipinski definition) is 5. The molecule has 0 fully saturated rings. The van der Waals surface area contributed by atoms with Crippen LogP contribution in [0.15, 0.2) is 48.8 Å². The highest BCUT2D eigenvalue weighted by Gasteiger charge is 2.20. The van der Waals surface area contributed by atoms with Crippen LogP contribution >= 0.6 is 0 Å². The van der Waals surface area contributed by atoms with Crippen LogP contribution in [0.4, 0.5) is 0 Å². The molecule has 0 aliphatic carbocycles. The molecule has 0 unspecified atom stereocenters. The van der Waals surface area contributed by atoms with Crippen LogP contribution in [0.25, 0.3) is 32.9 Å². The summed E-state index contributed by atoms with van der Waals surface area (Å²) in [4.78, 5) is 18.6. The van der Waals surface area contributed by atoms with Crippen LogP contribution in [0.2, 0.25) is 0 Å². The van der Waals surface area contributed by atoms with Crippen LogP contribution in [-0.2, 0) is 11.2 Å². The number of aromatic amines is 1. The predicted molar refractivity (Wildman–Crippen MR) is 102 cm³/mol. The Kier molecular flexibility index (Phi) is 3.93. The number of nitrogens with two attached hydrogens (primary N) is 1. The number of carboxylic acids is 1. The Morgan fingerprint density at radius 2 is 2.00 bits per heavy atom. The molecule has 0 saturated carbocycles. The molecule has 4 aromatic rings. The Balaban J connectivity index is 2.02. The van der Waals surface area contributed by atoms with Crippen LogP contribution in [0.1, 0.15) is 5.56 Å². The largest absolute Gasteiger partial charge is 0.508 e. The average Bonchev–Trinajstić information content (AvgIpc) is 3.04. The van der Waals surface area contributed by atoms with Gasteiger partial charge in [0.15, 0.2) is 0 Å². The molecule has 2 aromatic carbocycles. The number of fused-ring (bicyclic) bond motifs is 2. The molecule has 4 rings (SSSR count). The predicted octanol–water partition coefficient (Wildman–Crippen LogP) is 2.75. The summed E-state index contributed by atoms with van der Waals surface area (Å²) >= 11 is 0. The number of pyridine rings is 1. The van der Waals surface area contributed by atoms with E-state index in [-0.39, 0.29) is 17.9 Å². The summed E-state index contributed by atoms with van der Waals surface area (Å²) in [6, 6.07) is 8.83. The lowest BCUT2D eigenvalue weighted by Crippen LogP contribution is -2.32.